The number of phosphoric acid groups is 1. The minimum Gasteiger partial charge on any atom is -0.388 e. The van der Waals surface area contributed by atoms with Gasteiger partial charge in [-0.2, -0.15) is 0 Å². The molecule has 2 rings (SSSR count). The maximum absolute atomic E-state index is 11.6. The van der Waals surface area contributed by atoms with E-state index >= 15 is 0 Å². The molecule has 0 unspecified atom stereocenters. The molecule has 12 heteroatoms. The Balaban J connectivity index is 1.91. The second-order valence-electron chi connectivity index (χ2n) is 5.13. The normalized spacial score (nSPS) is 36.7. The Morgan fingerprint density at radius 3 is 2.48 bits per heavy atom. The van der Waals surface area contributed by atoms with E-state index in [2.05, 4.69) is 21.0 Å². The maximum Gasteiger partial charge on any atom is 0.567 e. The Bertz CT molecular complexity index is 414. The molecule has 2 aliphatic heterocycles. The van der Waals surface area contributed by atoms with Crippen LogP contribution in [0.3, 0.4) is 0 Å². The molecule has 5 atom stereocenters. The lowest BCUT2D eigenvalue weighted by molar-refractivity contribution is -0.683. The summed E-state index contributed by atoms with van der Waals surface area (Å²) in [5.41, 5.74) is 0. The van der Waals surface area contributed by atoms with Gasteiger partial charge in [-0.25, -0.2) is 16.4 Å². The zero-order valence-corrected chi connectivity index (χ0v) is 12.6. The maximum atomic E-state index is 11.6. The highest BCUT2D eigenvalue weighted by atomic mass is 31.2. The van der Waals surface area contributed by atoms with Gasteiger partial charge in [0.2, 0.25) is 0 Å². The van der Waals surface area contributed by atoms with Crippen LogP contribution in [0.25, 0.3) is 0 Å². The monoisotopic (exact) mass is 332 g/mol. The van der Waals surface area contributed by atoms with Gasteiger partial charge in [0.05, 0.1) is 6.61 Å². The standard InChI is InChI=1S/C9H21N2O9P/c1-9(2)17-7-5(13)6(16-8(7)18-9)4(12)3-15-21(14,19-10)20-11/h4-8,12-13H,3H2,1-2,10-11H3/q+2/t4-,5-,6-,7-,8-/m1/s1. The summed E-state index contributed by atoms with van der Waals surface area (Å²) >= 11 is 0. The predicted octanol–water partition coefficient (Wildman–Crippen LogP) is -2.94. The number of fused-ring (bicyclic) bond motifs is 1. The average Bonchev–Trinajstić information content (AvgIpc) is 2.89. The smallest absolute Gasteiger partial charge is 0.388 e. The Morgan fingerprint density at radius 2 is 1.95 bits per heavy atom. The molecule has 11 nitrogen and oxygen atoms in total. The molecule has 0 aromatic heterocycles. The summed E-state index contributed by atoms with van der Waals surface area (Å²) < 4.78 is 41.2. The van der Waals surface area contributed by atoms with Gasteiger partial charge in [-0.05, 0) is 13.8 Å². The molecule has 0 radical (unpaired) electrons. The van der Waals surface area contributed by atoms with E-state index in [-0.39, 0.29) is 0 Å². The number of aliphatic hydroxyl groups excluding tert-OH is 2. The van der Waals surface area contributed by atoms with Gasteiger partial charge < -0.3 is 24.4 Å². The first kappa shape index (κ1) is 17.2. The SMILES string of the molecule is CC1(C)O[C@H]2O[C@H]([C@H](O)COP(=O)(O[NH3+])O[NH3+])[C@@H](O)[C@H]2O1. The fourth-order valence-corrected chi connectivity index (χ4v) is 2.77. The number of aliphatic hydroxyl groups is 2. The molecule has 2 fully saturated rings. The van der Waals surface area contributed by atoms with Crippen LogP contribution in [0, 0.1) is 0 Å². The Labute approximate surface area is 120 Å². The lowest BCUT2D eigenvalue weighted by Crippen LogP contribution is -2.54. The van der Waals surface area contributed by atoms with Gasteiger partial charge in [-0.1, -0.05) is 9.25 Å². The van der Waals surface area contributed by atoms with Gasteiger partial charge >= 0.3 is 7.82 Å². The molecule has 0 aliphatic carbocycles. The van der Waals surface area contributed by atoms with Crippen molar-refractivity contribution in [2.45, 2.75) is 50.3 Å². The summed E-state index contributed by atoms with van der Waals surface area (Å²) in [4.78, 5) is 0. The fraction of sp³-hybridized carbons (Fsp3) is 1.00. The number of quaternary nitrogens is 2. The van der Waals surface area contributed by atoms with Crippen molar-refractivity contribution in [1.29, 1.82) is 0 Å². The van der Waals surface area contributed by atoms with Crippen molar-refractivity contribution in [2.75, 3.05) is 6.61 Å². The molecule has 2 saturated heterocycles. The number of hydrogen-bond acceptors (Lipinski definition) is 9. The topological polar surface area (TPSA) is 168 Å². The highest BCUT2D eigenvalue weighted by molar-refractivity contribution is 7.48. The first-order valence-corrected chi connectivity index (χ1v) is 7.67. The lowest BCUT2D eigenvalue weighted by Gasteiger charge is -2.25. The fourth-order valence-electron chi connectivity index (χ4n) is 2.21. The van der Waals surface area contributed by atoms with Crippen LogP contribution in [-0.2, 0) is 32.5 Å². The molecule has 0 aromatic rings. The lowest BCUT2D eigenvalue weighted by atomic mass is 10.1. The van der Waals surface area contributed by atoms with E-state index in [0.717, 1.165) is 0 Å². The van der Waals surface area contributed by atoms with Crippen LogP contribution in [0.1, 0.15) is 13.8 Å². The first-order chi connectivity index (χ1) is 9.71. The van der Waals surface area contributed by atoms with E-state index in [1.54, 1.807) is 13.8 Å². The number of ether oxygens (including phenoxy) is 3. The van der Waals surface area contributed by atoms with Crippen molar-refractivity contribution in [3.05, 3.63) is 0 Å². The minimum atomic E-state index is -3.92. The average molecular weight is 332 g/mol. The van der Waals surface area contributed by atoms with Gasteiger partial charge in [-0.15, -0.1) is 0 Å². The largest absolute Gasteiger partial charge is 0.567 e. The molecule has 21 heavy (non-hydrogen) atoms. The second-order valence-corrected chi connectivity index (χ2v) is 6.80. The van der Waals surface area contributed by atoms with Crippen molar-refractivity contribution in [1.82, 2.24) is 0 Å². The molecule has 8 N–H and O–H groups in total. The quantitative estimate of drug-likeness (QED) is 0.293. The van der Waals surface area contributed by atoms with Crippen LogP contribution in [0.4, 0.5) is 0 Å². The van der Waals surface area contributed by atoms with Gasteiger partial charge in [0.15, 0.2) is 12.1 Å². The zero-order valence-electron chi connectivity index (χ0n) is 11.7. The van der Waals surface area contributed by atoms with Crippen molar-refractivity contribution in [3.63, 3.8) is 0 Å². The molecule has 0 aromatic carbocycles. The van der Waals surface area contributed by atoms with Crippen LogP contribution < -0.4 is 11.8 Å². The van der Waals surface area contributed by atoms with Gasteiger partial charge in [0, 0.05) is 0 Å². The highest BCUT2D eigenvalue weighted by Gasteiger charge is 2.56. The van der Waals surface area contributed by atoms with Crippen molar-refractivity contribution < 1.29 is 54.6 Å². The van der Waals surface area contributed by atoms with Crippen LogP contribution in [0.5, 0.6) is 0 Å². The Morgan fingerprint density at radius 1 is 1.33 bits per heavy atom. The summed E-state index contributed by atoms with van der Waals surface area (Å²) in [5, 5.41) is 20.1. The van der Waals surface area contributed by atoms with Crippen LogP contribution in [0.15, 0.2) is 0 Å². The first-order valence-electron chi connectivity index (χ1n) is 6.21. The van der Waals surface area contributed by atoms with Crippen LogP contribution >= 0.6 is 7.82 Å². The molecule has 0 spiro atoms. The van der Waals surface area contributed by atoms with E-state index in [1.807, 2.05) is 0 Å². The third kappa shape index (κ3) is 3.60. The van der Waals surface area contributed by atoms with Gasteiger partial charge in [0.25, 0.3) is 0 Å². The van der Waals surface area contributed by atoms with Gasteiger partial charge in [0.1, 0.15) is 24.4 Å². The Hall–Kier alpha value is -0.170. The summed E-state index contributed by atoms with van der Waals surface area (Å²) in [6, 6.07) is 0. The Kier molecular flexibility index (Phi) is 5.03. The zero-order chi connectivity index (χ0) is 15.8. The number of rotatable bonds is 6. The van der Waals surface area contributed by atoms with E-state index in [1.165, 1.54) is 0 Å². The number of hydrogen-bond donors (Lipinski definition) is 4. The molecule has 2 aliphatic rings. The van der Waals surface area contributed by atoms with Crippen molar-refractivity contribution in [2.24, 2.45) is 0 Å². The summed E-state index contributed by atoms with van der Waals surface area (Å²) in [7, 11) is -3.92. The molecular weight excluding hydrogens is 311 g/mol. The summed E-state index contributed by atoms with van der Waals surface area (Å²) in [5.74, 6) is 4.98. The molecule has 0 bridgehead atoms. The van der Waals surface area contributed by atoms with Crippen molar-refractivity contribution in [3.8, 4) is 0 Å². The molecular formula is C9H21N2O9P+2. The van der Waals surface area contributed by atoms with E-state index in [4.69, 9.17) is 18.7 Å². The molecule has 0 amide bonds. The van der Waals surface area contributed by atoms with Gasteiger partial charge in [-0.3, -0.25) is 4.52 Å². The third-order valence-electron chi connectivity index (χ3n) is 3.15. The van der Waals surface area contributed by atoms with E-state index in [9.17, 15) is 14.8 Å². The van der Waals surface area contributed by atoms with Crippen LogP contribution in [0.2, 0.25) is 0 Å². The molecule has 124 valence electrons. The van der Waals surface area contributed by atoms with Crippen LogP contribution in [-0.4, -0.2) is 53.3 Å². The molecule has 0 saturated carbocycles. The summed E-state index contributed by atoms with van der Waals surface area (Å²) in [6.07, 6.45) is -4.98. The summed E-state index contributed by atoms with van der Waals surface area (Å²) in [6.45, 7) is 2.89. The predicted molar refractivity (Wildman–Crippen MR) is 62.2 cm³/mol. The van der Waals surface area contributed by atoms with E-state index in [0.29, 0.717) is 0 Å². The molecule has 2 heterocycles. The van der Waals surface area contributed by atoms with Crippen molar-refractivity contribution >= 4 is 7.82 Å². The second kappa shape index (κ2) is 6.14. The minimum absolute atomic E-state index is 0.479. The third-order valence-corrected chi connectivity index (χ3v) is 4.25. The highest BCUT2D eigenvalue weighted by Crippen LogP contribution is 2.45. The van der Waals surface area contributed by atoms with E-state index < -0.39 is 50.9 Å².